The van der Waals surface area contributed by atoms with Crippen LogP contribution in [0.5, 0.6) is 0 Å². The smallest absolute Gasteiger partial charge is 0.0406 e. The first-order valence-corrected chi connectivity index (χ1v) is 3.91. The number of hydrogen-bond acceptors (Lipinski definition) is 2. The Morgan fingerprint density at radius 1 is 1.30 bits per heavy atom. The van der Waals surface area contributed by atoms with E-state index in [-0.39, 0.29) is 7.43 Å². The van der Waals surface area contributed by atoms with Crippen molar-refractivity contribution in [3.05, 3.63) is 17.6 Å². The van der Waals surface area contributed by atoms with Gasteiger partial charge in [0, 0.05) is 11.6 Å². The summed E-state index contributed by atoms with van der Waals surface area (Å²) < 4.78 is 3.76. The standard InChI is InChI=1S/C4H10.C3H3NS.CH4/c1-4(2)3;1-2-4-5-3-1;/h4H,1-3H3;1-3H;1H4. The fraction of sp³-hybridized carbons (Fsp3) is 0.625. The average Bonchev–Trinajstić information content (AvgIpc) is 2.11. The molecule has 1 heterocycles. The molecule has 0 saturated carbocycles. The molecule has 1 rings (SSSR count). The van der Waals surface area contributed by atoms with Crippen LogP contribution in [0.4, 0.5) is 0 Å². The Balaban J connectivity index is 0. The van der Waals surface area contributed by atoms with Crippen LogP contribution < -0.4 is 0 Å². The lowest BCUT2D eigenvalue weighted by Crippen LogP contribution is -1.66. The van der Waals surface area contributed by atoms with Crippen LogP contribution >= 0.6 is 11.5 Å². The van der Waals surface area contributed by atoms with Crippen molar-refractivity contribution in [1.29, 1.82) is 0 Å². The van der Waals surface area contributed by atoms with Crippen molar-refractivity contribution in [3.8, 4) is 0 Å². The Morgan fingerprint density at radius 3 is 1.90 bits per heavy atom. The van der Waals surface area contributed by atoms with Crippen molar-refractivity contribution in [2.75, 3.05) is 0 Å². The van der Waals surface area contributed by atoms with E-state index in [1.807, 2.05) is 11.4 Å². The van der Waals surface area contributed by atoms with Gasteiger partial charge in [-0.2, -0.15) is 0 Å². The molecule has 0 atom stereocenters. The number of aromatic nitrogens is 1. The first kappa shape index (κ1) is 12.3. The lowest BCUT2D eigenvalue weighted by molar-refractivity contribution is 0.737. The molecular weight excluding hydrogens is 142 g/mol. The monoisotopic (exact) mass is 159 g/mol. The van der Waals surface area contributed by atoms with Gasteiger partial charge in [0.1, 0.15) is 0 Å². The van der Waals surface area contributed by atoms with Gasteiger partial charge in [0.25, 0.3) is 0 Å². The normalized spacial score (nSPS) is 7.60. The fourth-order valence-electron chi connectivity index (χ4n) is 0.176. The molecule has 0 spiro atoms. The van der Waals surface area contributed by atoms with Crippen LogP contribution in [0.25, 0.3) is 0 Å². The van der Waals surface area contributed by atoms with E-state index in [1.54, 1.807) is 6.20 Å². The molecular formula is C8H17NS. The molecule has 1 aromatic rings. The highest BCUT2D eigenvalue weighted by Crippen LogP contribution is 1.84. The second-order valence-electron chi connectivity index (χ2n) is 2.42. The van der Waals surface area contributed by atoms with Crippen molar-refractivity contribution >= 4 is 11.5 Å². The van der Waals surface area contributed by atoms with E-state index in [2.05, 4.69) is 25.1 Å². The minimum Gasteiger partial charge on any atom is -0.201 e. The largest absolute Gasteiger partial charge is 0.201 e. The van der Waals surface area contributed by atoms with Crippen molar-refractivity contribution in [2.24, 2.45) is 5.92 Å². The van der Waals surface area contributed by atoms with Crippen molar-refractivity contribution in [1.82, 2.24) is 4.37 Å². The second-order valence-corrected chi connectivity index (χ2v) is 3.11. The van der Waals surface area contributed by atoms with E-state index in [0.29, 0.717) is 0 Å². The Kier molecular flexibility index (Phi) is 10.6. The van der Waals surface area contributed by atoms with Crippen LogP contribution in [0.2, 0.25) is 0 Å². The van der Waals surface area contributed by atoms with Crippen LogP contribution in [0.15, 0.2) is 17.6 Å². The molecule has 0 aliphatic carbocycles. The molecule has 10 heavy (non-hydrogen) atoms. The van der Waals surface area contributed by atoms with Crippen molar-refractivity contribution < 1.29 is 0 Å². The molecule has 2 heteroatoms. The summed E-state index contributed by atoms with van der Waals surface area (Å²) in [6, 6.07) is 1.91. The maximum atomic E-state index is 3.76. The second kappa shape index (κ2) is 8.63. The summed E-state index contributed by atoms with van der Waals surface area (Å²) >= 11 is 1.46. The van der Waals surface area contributed by atoms with Gasteiger partial charge in [0.15, 0.2) is 0 Å². The zero-order chi connectivity index (χ0) is 7.11. The van der Waals surface area contributed by atoms with Crippen molar-refractivity contribution in [3.63, 3.8) is 0 Å². The molecule has 0 saturated heterocycles. The van der Waals surface area contributed by atoms with Gasteiger partial charge < -0.3 is 0 Å². The van der Waals surface area contributed by atoms with Gasteiger partial charge in [-0.25, -0.2) is 4.37 Å². The summed E-state index contributed by atoms with van der Waals surface area (Å²) in [6.07, 6.45) is 1.77. The van der Waals surface area contributed by atoms with E-state index in [1.165, 1.54) is 11.5 Å². The third-order valence-corrected chi connectivity index (χ3v) is 0.869. The Morgan fingerprint density at radius 2 is 1.80 bits per heavy atom. The molecule has 0 unspecified atom stereocenters. The number of hydrogen-bond donors (Lipinski definition) is 0. The molecule has 0 aliphatic rings. The van der Waals surface area contributed by atoms with Gasteiger partial charge in [0.2, 0.25) is 0 Å². The van der Waals surface area contributed by atoms with Gasteiger partial charge in [-0.3, -0.25) is 0 Å². The summed E-state index contributed by atoms with van der Waals surface area (Å²) in [7, 11) is 0. The average molecular weight is 159 g/mol. The van der Waals surface area contributed by atoms with Crippen LogP contribution in [-0.2, 0) is 0 Å². The molecule has 0 aromatic carbocycles. The Labute approximate surface area is 68.3 Å². The summed E-state index contributed by atoms with van der Waals surface area (Å²) in [5, 5.41) is 1.93. The summed E-state index contributed by atoms with van der Waals surface area (Å²) in [5.41, 5.74) is 0. The first-order valence-electron chi connectivity index (χ1n) is 3.08. The van der Waals surface area contributed by atoms with Gasteiger partial charge in [0.05, 0.1) is 0 Å². The highest BCUT2D eigenvalue weighted by molar-refractivity contribution is 7.03. The van der Waals surface area contributed by atoms with Gasteiger partial charge in [-0.05, 0) is 23.5 Å². The molecule has 0 N–H and O–H groups in total. The van der Waals surface area contributed by atoms with Crippen LogP contribution in [0, 0.1) is 5.92 Å². The Hall–Kier alpha value is -0.370. The molecule has 0 bridgehead atoms. The zero-order valence-electron chi connectivity index (χ0n) is 6.16. The van der Waals surface area contributed by atoms with E-state index in [0.717, 1.165) is 5.92 Å². The molecule has 0 fully saturated rings. The van der Waals surface area contributed by atoms with Crippen LogP contribution in [0.1, 0.15) is 28.2 Å². The fourth-order valence-corrected chi connectivity index (χ4v) is 0.527. The van der Waals surface area contributed by atoms with E-state index in [4.69, 9.17) is 0 Å². The molecule has 0 radical (unpaired) electrons. The summed E-state index contributed by atoms with van der Waals surface area (Å²) in [4.78, 5) is 0. The number of rotatable bonds is 0. The molecule has 60 valence electrons. The lowest BCUT2D eigenvalue weighted by atomic mass is 10.3. The van der Waals surface area contributed by atoms with Crippen LogP contribution in [-0.4, -0.2) is 4.37 Å². The van der Waals surface area contributed by atoms with E-state index < -0.39 is 0 Å². The Bertz CT molecular complexity index is 92.8. The SMILES string of the molecule is C.CC(C)C.c1cnsc1. The molecule has 0 amide bonds. The van der Waals surface area contributed by atoms with E-state index in [9.17, 15) is 0 Å². The van der Waals surface area contributed by atoms with Gasteiger partial charge in [-0.1, -0.05) is 28.2 Å². The first-order chi connectivity index (χ1) is 4.23. The highest BCUT2D eigenvalue weighted by atomic mass is 32.1. The van der Waals surface area contributed by atoms with Crippen LogP contribution in [0.3, 0.4) is 0 Å². The van der Waals surface area contributed by atoms with Gasteiger partial charge >= 0.3 is 0 Å². The third-order valence-electron chi connectivity index (χ3n) is 0.347. The number of nitrogens with zero attached hydrogens (tertiary/aromatic N) is 1. The molecule has 1 nitrogen and oxygen atoms in total. The summed E-state index contributed by atoms with van der Waals surface area (Å²) in [6.45, 7) is 6.50. The zero-order valence-corrected chi connectivity index (χ0v) is 6.98. The third kappa shape index (κ3) is 15.6. The lowest BCUT2D eigenvalue weighted by Gasteiger charge is -1.79. The van der Waals surface area contributed by atoms with E-state index >= 15 is 0 Å². The molecule has 1 aromatic heterocycles. The predicted octanol–water partition coefficient (Wildman–Crippen LogP) is 3.44. The highest BCUT2D eigenvalue weighted by Gasteiger charge is 1.68. The minimum absolute atomic E-state index is 0. The maximum absolute atomic E-state index is 3.76. The maximum Gasteiger partial charge on any atom is 0.0406 e. The minimum atomic E-state index is 0. The van der Waals surface area contributed by atoms with Gasteiger partial charge in [-0.15, -0.1) is 0 Å². The summed E-state index contributed by atoms with van der Waals surface area (Å²) in [5.74, 6) is 0.833. The predicted molar refractivity (Wildman–Crippen MR) is 49.4 cm³/mol. The quantitative estimate of drug-likeness (QED) is 0.565. The molecule has 0 aliphatic heterocycles. The van der Waals surface area contributed by atoms with Crippen molar-refractivity contribution in [2.45, 2.75) is 28.2 Å². The topological polar surface area (TPSA) is 12.9 Å².